The Bertz CT molecular complexity index is 913. The molecule has 1 aliphatic rings. The number of benzene rings is 2. The molecular formula is C24H32N4O3. The second kappa shape index (κ2) is 11.2. The van der Waals surface area contributed by atoms with Crippen molar-refractivity contribution >= 4 is 11.9 Å². The van der Waals surface area contributed by atoms with Gasteiger partial charge in [-0.25, -0.2) is 4.99 Å². The van der Waals surface area contributed by atoms with Crippen LogP contribution >= 0.6 is 0 Å². The molecular weight excluding hydrogens is 392 g/mol. The van der Waals surface area contributed by atoms with Gasteiger partial charge >= 0.3 is 0 Å². The molecule has 1 aliphatic heterocycles. The van der Waals surface area contributed by atoms with E-state index >= 15 is 0 Å². The molecule has 2 aromatic rings. The van der Waals surface area contributed by atoms with Gasteiger partial charge in [0.1, 0.15) is 11.5 Å². The summed E-state index contributed by atoms with van der Waals surface area (Å²) in [5.74, 6) is 2.47. The van der Waals surface area contributed by atoms with Crippen molar-refractivity contribution in [1.29, 1.82) is 0 Å². The van der Waals surface area contributed by atoms with Crippen LogP contribution in [0.3, 0.4) is 0 Å². The fourth-order valence-corrected chi connectivity index (χ4v) is 3.63. The lowest BCUT2D eigenvalue weighted by Crippen LogP contribution is -2.37. The van der Waals surface area contributed by atoms with Crippen molar-refractivity contribution in [3.63, 3.8) is 0 Å². The van der Waals surface area contributed by atoms with Crippen LogP contribution in [0.1, 0.15) is 36.5 Å². The molecule has 0 unspecified atom stereocenters. The zero-order valence-electron chi connectivity index (χ0n) is 18.6. The number of rotatable bonds is 9. The van der Waals surface area contributed by atoms with Crippen LogP contribution in [0.15, 0.2) is 47.5 Å². The number of methoxy groups -OCH3 is 2. The van der Waals surface area contributed by atoms with Crippen molar-refractivity contribution in [2.24, 2.45) is 4.99 Å². The minimum atomic E-state index is 0.242. The number of carbonyl (C=O) groups is 1. The highest BCUT2D eigenvalue weighted by Crippen LogP contribution is 2.25. The van der Waals surface area contributed by atoms with Gasteiger partial charge in [0.15, 0.2) is 5.96 Å². The quantitative estimate of drug-likeness (QED) is 0.478. The van der Waals surface area contributed by atoms with Crippen LogP contribution in [-0.4, -0.2) is 44.1 Å². The molecule has 1 fully saturated rings. The summed E-state index contributed by atoms with van der Waals surface area (Å²) in [6.07, 6.45) is 1.61. The van der Waals surface area contributed by atoms with E-state index in [2.05, 4.69) is 22.8 Å². The number of ether oxygens (including phenoxy) is 2. The number of guanidine groups is 1. The Morgan fingerprint density at radius 3 is 2.55 bits per heavy atom. The Kier molecular flexibility index (Phi) is 8.15. The van der Waals surface area contributed by atoms with Crippen LogP contribution < -0.4 is 20.1 Å². The number of nitrogens with zero attached hydrogens (tertiary/aromatic N) is 2. The van der Waals surface area contributed by atoms with Crippen LogP contribution in [0.25, 0.3) is 0 Å². The zero-order valence-corrected chi connectivity index (χ0v) is 18.6. The normalized spacial score (nSPS) is 14.0. The summed E-state index contributed by atoms with van der Waals surface area (Å²) in [5.41, 5.74) is 3.31. The molecule has 2 aromatic carbocycles. The van der Waals surface area contributed by atoms with Crippen molar-refractivity contribution in [3.8, 4) is 11.5 Å². The molecule has 1 heterocycles. The summed E-state index contributed by atoms with van der Waals surface area (Å²) in [5, 5.41) is 6.71. The van der Waals surface area contributed by atoms with Gasteiger partial charge in [0, 0.05) is 44.2 Å². The van der Waals surface area contributed by atoms with E-state index in [1.54, 1.807) is 14.2 Å². The number of aliphatic imine (C=N–C) groups is 1. The lowest BCUT2D eigenvalue weighted by molar-refractivity contribution is -0.128. The highest BCUT2D eigenvalue weighted by molar-refractivity contribution is 5.80. The predicted octanol–water partition coefficient (Wildman–Crippen LogP) is 3.08. The fourth-order valence-electron chi connectivity index (χ4n) is 3.63. The van der Waals surface area contributed by atoms with Gasteiger partial charge in [-0.2, -0.15) is 0 Å². The SMILES string of the molecule is CCNC(=NCc1ccc(OC)cc1OC)NCc1ccccc1CN1CCCC1=O. The second-order valence-electron chi connectivity index (χ2n) is 7.41. The van der Waals surface area contributed by atoms with Gasteiger partial charge in [-0.3, -0.25) is 4.79 Å². The third kappa shape index (κ3) is 6.13. The molecule has 1 amide bonds. The first kappa shape index (κ1) is 22.5. The van der Waals surface area contributed by atoms with E-state index in [4.69, 9.17) is 14.5 Å². The number of likely N-dealkylation sites (tertiary alicyclic amines) is 1. The molecule has 0 spiro atoms. The van der Waals surface area contributed by atoms with Gasteiger partial charge < -0.3 is 25.0 Å². The molecule has 2 N–H and O–H groups in total. The smallest absolute Gasteiger partial charge is 0.222 e. The molecule has 1 saturated heterocycles. The molecule has 0 atom stereocenters. The largest absolute Gasteiger partial charge is 0.497 e. The minimum Gasteiger partial charge on any atom is -0.497 e. The van der Waals surface area contributed by atoms with E-state index < -0.39 is 0 Å². The fraction of sp³-hybridized carbons (Fsp3) is 0.417. The summed E-state index contributed by atoms with van der Waals surface area (Å²) in [4.78, 5) is 18.7. The molecule has 0 aliphatic carbocycles. The first-order chi connectivity index (χ1) is 15.1. The van der Waals surface area contributed by atoms with E-state index in [-0.39, 0.29) is 5.91 Å². The first-order valence-electron chi connectivity index (χ1n) is 10.7. The third-order valence-electron chi connectivity index (χ3n) is 5.34. The van der Waals surface area contributed by atoms with E-state index in [1.165, 1.54) is 0 Å². The molecule has 0 bridgehead atoms. The van der Waals surface area contributed by atoms with Crippen LogP contribution in [0.2, 0.25) is 0 Å². The van der Waals surface area contributed by atoms with Crippen LogP contribution in [0.5, 0.6) is 11.5 Å². The van der Waals surface area contributed by atoms with Gasteiger partial charge in [-0.1, -0.05) is 24.3 Å². The molecule has 7 nitrogen and oxygen atoms in total. The first-order valence-corrected chi connectivity index (χ1v) is 10.7. The topological polar surface area (TPSA) is 75.2 Å². The highest BCUT2D eigenvalue weighted by atomic mass is 16.5. The number of hydrogen-bond acceptors (Lipinski definition) is 4. The van der Waals surface area contributed by atoms with Crippen LogP contribution in [0, 0.1) is 0 Å². The van der Waals surface area contributed by atoms with E-state index in [0.29, 0.717) is 26.1 Å². The lowest BCUT2D eigenvalue weighted by Gasteiger charge is -2.19. The minimum absolute atomic E-state index is 0.242. The molecule has 166 valence electrons. The van der Waals surface area contributed by atoms with E-state index in [9.17, 15) is 4.79 Å². The van der Waals surface area contributed by atoms with Gasteiger partial charge in [0.25, 0.3) is 0 Å². The summed E-state index contributed by atoms with van der Waals surface area (Å²) in [7, 11) is 3.28. The van der Waals surface area contributed by atoms with E-state index in [0.717, 1.165) is 53.7 Å². The zero-order chi connectivity index (χ0) is 22.1. The number of carbonyl (C=O) groups excluding carboxylic acids is 1. The maximum atomic E-state index is 12.0. The van der Waals surface area contributed by atoms with Gasteiger partial charge in [-0.05, 0) is 36.6 Å². The van der Waals surface area contributed by atoms with Crippen LogP contribution in [-0.2, 0) is 24.4 Å². The molecule has 31 heavy (non-hydrogen) atoms. The monoisotopic (exact) mass is 424 g/mol. The Balaban J connectivity index is 1.68. The van der Waals surface area contributed by atoms with Crippen molar-refractivity contribution in [2.45, 2.75) is 39.4 Å². The second-order valence-corrected chi connectivity index (χ2v) is 7.41. The summed E-state index contributed by atoms with van der Waals surface area (Å²) < 4.78 is 10.7. The van der Waals surface area contributed by atoms with Crippen molar-refractivity contribution in [3.05, 3.63) is 59.2 Å². The maximum Gasteiger partial charge on any atom is 0.222 e. The molecule has 0 radical (unpaired) electrons. The third-order valence-corrected chi connectivity index (χ3v) is 5.34. The molecule has 0 aromatic heterocycles. The average Bonchev–Trinajstić information content (AvgIpc) is 3.20. The highest BCUT2D eigenvalue weighted by Gasteiger charge is 2.20. The van der Waals surface area contributed by atoms with Crippen molar-refractivity contribution in [1.82, 2.24) is 15.5 Å². The Morgan fingerprint density at radius 2 is 1.87 bits per heavy atom. The summed E-state index contributed by atoms with van der Waals surface area (Å²) in [6.45, 7) is 5.41. The van der Waals surface area contributed by atoms with Gasteiger partial charge in [0.05, 0.1) is 20.8 Å². The average molecular weight is 425 g/mol. The maximum absolute atomic E-state index is 12.0. The number of nitrogens with one attached hydrogen (secondary N) is 2. The number of amides is 1. The Labute approximate surface area is 184 Å². The predicted molar refractivity (Wildman–Crippen MR) is 122 cm³/mol. The summed E-state index contributed by atoms with van der Waals surface area (Å²) >= 11 is 0. The van der Waals surface area contributed by atoms with Crippen molar-refractivity contribution in [2.75, 3.05) is 27.3 Å². The summed E-state index contributed by atoms with van der Waals surface area (Å²) in [6, 6.07) is 14.0. The lowest BCUT2D eigenvalue weighted by atomic mass is 10.1. The standard InChI is InChI=1S/C24H32N4O3/c1-4-25-24(27-16-19-11-12-21(30-2)14-22(19)31-3)26-15-18-8-5-6-9-20(18)17-28-13-7-10-23(28)29/h5-6,8-9,11-12,14H,4,7,10,13,15-17H2,1-3H3,(H2,25,26,27). The molecule has 0 saturated carbocycles. The Morgan fingerprint density at radius 1 is 1.06 bits per heavy atom. The van der Waals surface area contributed by atoms with Gasteiger partial charge in [-0.15, -0.1) is 0 Å². The molecule has 7 heteroatoms. The number of hydrogen-bond donors (Lipinski definition) is 2. The van der Waals surface area contributed by atoms with Gasteiger partial charge in [0.2, 0.25) is 5.91 Å². The Hall–Kier alpha value is -3.22. The van der Waals surface area contributed by atoms with E-state index in [1.807, 2.05) is 42.2 Å². The molecule has 3 rings (SSSR count). The van der Waals surface area contributed by atoms with Crippen molar-refractivity contribution < 1.29 is 14.3 Å². The van der Waals surface area contributed by atoms with Crippen LogP contribution in [0.4, 0.5) is 0 Å².